The number of hydrogen-bond donors (Lipinski definition) is 0. The Bertz CT molecular complexity index is 64.2. The number of rotatable bonds is 9. The van der Waals surface area contributed by atoms with Gasteiger partial charge in [-0.3, -0.25) is 0 Å². The van der Waals surface area contributed by atoms with Gasteiger partial charge in [0.25, 0.3) is 0 Å². The van der Waals surface area contributed by atoms with Crippen molar-refractivity contribution in [2.75, 3.05) is 11.5 Å². The van der Waals surface area contributed by atoms with E-state index >= 15 is 0 Å². The van der Waals surface area contributed by atoms with E-state index in [0.717, 1.165) is 5.75 Å². The van der Waals surface area contributed by atoms with Gasteiger partial charge in [-0.05, 0) is 13.3 Å². The zero-order chi connectivity index (χ0) is 9.07. The highest BCUT2D eigenvalue weighted by Crippen LogP contribution is 2.21. The summed E-state index contributed by atoms with van der Waals surface area (Å²) in [6.45, 7) is 6.05. The molecular formula is C10H21S2. The Morgan fingerprint density at radius 2 is 1.58 bits per heavy atom. The van der Waals surface area contributed by atoms with Crippen LogP contribution < -0.4 is 0 Å². The van der Waals surface area contributed by atoms with Crippen LogP contribution in [0.5, 0.6) is 0 Å². The summed E-state index contributed by atoms with van der Waals surface area (Å²) < 4.78 is 0. The third kappa shape index (κ3) is 10.7. The summed E-state index contributed by atoms with van der Waals surface area (Å²) in [4.78, 5) is 0. The molecule has 12 heavy (non-hydrogen) atoms. The molecule has 0 bridgehead atoms. The highest BCUT2D eigenvalue weighted by Gasteiger charge is 1.90. The van der Waals surface area contributed by atoms with Crippen molar-refractivity contribution in [2.24, 2.45) is 0 Å². The zero-order valence-electron chi connectivity index (χ0n) is 8.18. The SMILES string of the molecule is [CH2]CSSCCCCCCCC. The number of hydrogen-bond acceptors (Lipinski definition) is 2. The molecule has 1 radical (unpaired) electrons. The third-order valence-corrected chi connectivity index (χ3v) is 4.04. The molecule has 0 aromatic rings. The van der Waals surface area contributed by atoms with E-state index in [0.29, 0.717) is 0 Å². The Kier molecular flexibility index (Phi) is 12.4. The lowest BCUT2D eigenvalue weighted by Gasteiger charge is -1.99. The summed E-state index contributed by atoms with van der Waals surface area (Å²) in [7, 11) is 3.85. The van der Waals surface area contributed by atoms with Crippen LogP contribution in [0.4, 0.5) is 0 Å². The predicted octanol–water partition coefficient (Wildman–Crippen LogP) is 4.56. The molecular weight excluding hydrogens is 184 g/mol. The van der Waals surface area contributed by atoms with Gasteiger partial charge in [0.05, 0.1) is 0 Å². The van der Waals surface area contributed by atoms with Crippen LogP contribution in [-0.2, 0) is 0 Å². The van der Waals surface area contributed by atoms with Crippen molar-refractivity contribution in [3.05, 3.63) is 6.92 Å². The molecule has 0 heterocycles. The van der Waals surface area contributed by atoms with E-state index < -0.39 is 0 Å². The Balaban J connectivity index is 2.73. The summed E-state index contributed by atoms with van der Waals surface area (Å²) in [6.07, 6.45) is 8.45. The first-order chi connectivity index (χ1) is 5.91. The second-order valence-corrected chi connectivity index (χ2v) is 5.61. The quantitative estimate of drug-likeness (QED) is 0.400. The van der Waals surface area contributed by atoms with Gasteiger partial charge in [-0.1, -0.05) is 60.6 Å². The monoisotopic (exact) mass is 205 g/mol. The van der Waals surface area contributed by atoms with Gasteiger partial charge in [0, 0.05) is 11.5 Å². The highest BCUT2D eigenvalue weighted by atomic mass is 33.1. The van der Waals surface area contributed by atoms with Crippen LogP contribution in [0.1, 0.15) is 45.4 Å². The molecule has 0 aliphatic carbocycles. The lowest BCUT2D eigenvalue weighted by molar-refractivity contribution is 0.627. The first-order valence-electron chi connectivity index (χ1n) is 4.95. The minimum Gasteiger partial charge on any atom is -0.0942 e. The maximum absolute atomic E-state index is 3.79. The normalized spacial score (nSPS) is 10.5. The van der Waals surface area contributed by atoms with Crippen LogP contribution in [0.2, 0.25) is 0 Å². The summed E-state index contributed by atoms with van der Waals surface area (Å²) in [6, 6.07) is 0. The minimum atomic E-state index is 1.00. The summed E-state index contributed by atoms with van der Waals surface area (Å²) >= 11 is 0. The van der Waals surface area contributed by atoms with Gasteiger partial charge in [-0.2, -0.15) is 0 Å². The van der Waals surface area contributed by atoms with E-state index in [1.54, 1.807) is 0 Å². The minimum absolute atomic E-state index is 1.00. The van der Waals surface area contributed by atoms with Gasteiger partial charge < -0.3 is 0 Å². The molecule has 0 saturated carbocycles. The molecule has 0 N–H and O–H groups in total. The second-order valence-electron chi connectivity index (χ2n) is 2.91. The molecule has 0 aromatic carbocycles. The van der Waals surface area contributed by atoms with Gasteiger partial charge in [0.1, 0.15) is 0 Å². The van der Waals surface area contributed by atoms with Gasteiger partial charge in [0.2, 0.25) is 0 Å². The van der Waals surface area contributed by atoms with Crippen molar-refractivity contribution >= 4 is 21.6 Å². The smallest absolute Gasteiger partial charge is 0.00372 e. The fourth-order valence-corrected chi connectivity index (χ4v) is 2.68. The summed E-state index contributed by atoms with van der Waals surface area (Å²) in [5.41, 5.74) is 0. The fraction of sp³-hybridized carbons (Fsp3) is 0.900. The molecule has 0 spiro atoms. The maximum Gasteiger partial charge on any atom is 0.00372 e. The van der Waals surface area contributed by atoms with Crippen molar-refractivity contribution in [3.63, 3.8) is 0 Å². The molecule has 0 rings (SSSR count). The molecule has 0 amide bonds. The van der Waals surface area contributed by atoms with E-state index in [9.17, 15) is 0 Å². The van der Waals surface area contributed by atoms with Gasteiger partial charge in [0.15, 0.2) is 0 Å². The van der Waals surface area contributed by atoms with Crippen molar-refractivity contribution in [2.45, 2.75) is 45.4 Å². The second kappa shape index (κ2) is 11.7. The van der Waals surface area contributed by atoms with Gasteiger partial charge >= 0.3 is 0 Å². The molecule has 0 aliphatic rings. The van der Waals surface area contributed by atoms with Crippen LogP contribution in [0.3, 0.4) is 0 Å². The number of unbranched alkanes of at least 4 members (excludes halogenated alkanes) is 5. The largest absolute Gasteiger partial charge is 0.0942 e. The first kappa shape index (κ1) is 12.7. The molecule has 0 atom stereocenters. The standard InChI is InChI=1S/C10H21S2/c1-3-5-6-7-8-9-10-12-11-4-2/h2-10H2,1H3. The third-order valence-electron chi connectivity index (χ3n) is 1.75. The molecule has 2 heteroatoms. The van der Waals surface area contributed by atoms with E-state index in [2.05, 4.69) is 13.8 Å². The Morgan fingerprint density at radius 3 is 2.25 bits per heavy atom. The van der Waals surface area contributed by atoms with Crippen molar-refractivity contribution in [1.82, 2.24) is 0 Å². The van der Waals surface area contributed by atoms with Crippen LogP contribution in [0, 0.1) is 6.92 Å². The van der Waals surface area contributed by atoms with E-state index in [1.165, 1.54) is 44.3 Å². The van der Waals surface area contributed by atoms with Gasteiger partial charge in [-0.25, -0.2) is 0 Å². The topological polar surface area (TPSA) is 0 Å². The molecule has 73 valence electrons. The molecule has 0 fully saturated rings. The lowest BCUT2D eigenvalue weighted by Crippen LogP contribution is -1.80. The highest BCUT2D eigenvalue weighted by molar-refractivity contribution is 8.76. The van der Waals surface area contributed by atoms with Crippen LogP contribution in [0.25, 0.3) is 0 Å². The molecule has 0 unspecified atom stereocenters. The van der Waals surface area contributed by atoms with Crippen LogP contribution in [-0.4, -0.2) is 11.5 Å². The molecule has 0 aromatic heterocycles. The molecule has 0 aliphatic heterocycles. The van der Waals surface area contributed by atoms with Crippen molar-refractivity contribution < 1.29 is 0 Å². The van der Waals surface area contributed by atoms with Gasteiger partial charge in [-0.15, -0.1) is 0 Å². The van der Waals surface area contributed by atoms with Crippen molar-refractivity contribution in [3.8, 4) is 0 Å². The Hall–Kier alpha value is 0.700. The van der Waals surface area contributed by atoms with E-state index in [1.807, 2.05) is 21.6 Å². The maximum atomic E-state index is 3.79. The average molecular weight is 205 g/mol. The molecule has 0 saturated heterocycles. The summed E-state index contributed by atoms with van der Waals surface area (Å²) in [5.74, 6) is 2.31. The van der Waals surface area contributed by atoms with Crippen LogP contribution >= 0.6 is 21.6 Å². The van der Waals surface area contributed by atoms with E-state index in [4.69, 9.17) is 0 Å². The average Bonchev–Trinajstić information content (AvgIpc) is 2.10. The fourth-order valence-electron chi connectivity index (χ4n) is 1.06. The van der Waals surface area contributed by atoms with Crippen molar-refractivity contribution in [1.29, 1.82) is 0 Å². The summed E-state index contributed by atoms with van der Waals surface area (Å²) in [5, 5.41) is 0. The Morgan fingerprint density at radius 1 is 0.917 bits per heavy atom. The molecule has 0 nitrogen and oxygen atoms in total. The predicted molar refractivity (Wildman–Crippen MR) is 63.6 cm³/mol. The van der Waals surface area contributed by atoms with Crippen LogP contribution in [0.15, 0.2) is 0 Å². The Labute approximate surface area is 85.7 Å². The first-order valence-corrected chi connectivity index (χ1v) is 7.44. The lowest BCUT2D eigenvalue weighted by atomic mass is 10.1. The van der Waals surface area contributed by atoms with E-state index in [-0.39, 0.29) is 0 Å². The zero-order valence-corrected chi connectivity index (χ0v) is 9.81.